The summed E-state index contributed by atoms with van der Waals surface area (Å²) in [5.74, 6) is 2.67. The summed E-state index contributed by atoms with van der Waals surface area (Å²) in [7, 11) is 0. The number of para-hydroxylation sites is 2. The third-order valence-electron chi connectivity index (χ3n) is 7.82. The highest BCUT2D eigenvalue weighted by Crippen LogP contribution is 2.39. The van der Waals surface area contributed by atoms with E-state index in [9.17, 15) is 4.79 Å². The van der Waals surface area contributed by atoms with Gasteiger partial charge < -0.3 is 14.8 Å². The minimum Gasteiger partial charge on any atom is -0.494 e. The SMILES string of the molecule is CCOc1ccccc1CN1CCC2(CCCCc3ccccc3OC[C@H](CC(C)C)NC2=O)CC1. The first-order valence-electron chi connectivity index (χ1n) is 13.9. The van der Waals surface area contributed by atoms with Crippen LogP contribution < -0.4 is 14.8 Å². The van der Waals surface area contributed by atoms with Gasteiger partial charge in [-0.3, -0.25) is 9.69 Å². The van der Waals surface area contributed by atoms with Crippen LogP contribution in [-0.2, 0) is 17.8 Å². The quantitative estimate of drug-likeness (QED) is 0.537. The second-order valence-electron chi connectivity index (χ2n) is 11.0. The zero-order valence-corrected chi connectivity index (χ0v) is 22.4. The van der Waals surface area contributed by atoms with Gasteiger partial charge in [0.2, 0.25) is 5.91 Å². The number of amides is 1. The van der Waals surface area contributed by atoms with Gasteiger partial charge in [0.15, 0.2) is 0 Å². The fourth-order valence-corrected chi connectivity index (χ4v) is 5.80. The number of likely N-dealkylation sites (tertiary alicyclic amines) is 1. The van der Waals surface area contributed by atoms with Crippen molar-refractivity contribution in [3.63, 3.8) is 0 Å². The molecule has 1 spiro atoms. The van der Waals surface area contributed by atoms with Gasteiger partial charge in [0, 0.05) is 12.1 Å². The molecule has 0 unspecified atom stereocenters. The lowest BCUT2D eigenvalue weighted by molar-refractivity contribution is -0.136. The van der Waals surface area contributed by atoms with Crippen LogP contribution in [0.4, 0.5) is 0 Å². The maximum absolute atomic E-state index is 13.8. The Balaban J connectivity index is 1.46. The molecule has 1 saturated heterocycles. The van der Waals surface area contributed by atoms with E-state index in [2.05, 4.69) is 60.5 Å². The van der Waals surface area contributed by atoms with E-state index in [1.165, 1.54) is 11.1 Å². The summed E-state index contributed by atoms with van der Waals surface area (Å²) >= 11 is 0. The molecule has 0 saturated carbocycles. The van der Waals surface area contributed by atoms with Gasteiger partial charge in [-0.1, -0.05) is 56.7 Å². The number of benzene rings is 2. The lowest BCUT2D eigenvalue weighted by Crippen LogP contribution is -2.52. The predicted molar refractivity (Wildman–Crippen MR) is 145 cm³/mol. The van der Waals surface area contributed by atoms with Gasteiger partial charge >= 0.3 is 0 Å². The van der Waals surface area contributed by atoms with Gasteiger partial charge in [-0.2, -0.15) is 0 Å². The van der Waals surface area contributed by atoms with Crippen molar-refractivity contribution in [2.24, 2.45) is 11.3 Å². The highest BCUT2D eigenvalue weighted by Gasteiger charge is 2.41. The highest BCUT2D eigenvalue weighted by atomic mass is 16.5. The number of nitrogens with zero attached hydrogens (tertiary/aromatic N) is 1. The lowest BCUT2D eigenvalue weighted by Gasteiger charge is -2.42. The van der Waals surface area contributed by atoms with Gasteiger partial charge in [-0.15, -0.1) is 0 Å². The number of piperidine rings is 1. The fourth-order valence-electron chi connectivity index (χ4n) is 5.80. The van der Waals surface area contributed by atoms with Crippen LogP contribution in [0.15, 0.2) is 48.5 Å². The third kappa shape index (κ3) is 6.82. The molecule has 2 heterocycles. The topological polar surface area (TPSA) is 50.8 Å². The van der Waals surface area contributed by atoms with Gasteiger partial charge in [-0.25, -0.2) is 0 Å². The molecule has 4 rings (SSSR count). The fraction of sp³-hybridized carbons (Fsp3) is 0.581. The Morgan fingerprint density at radius 1 is 1.06 bits per heavy atom. The summed E-state index contributed by atoms with van der Waals surface area (Å²) in [6.45, 7) is 10.4. The minimum absolute atomic E-state index is 0.0259. The van der Waals surface area contributed by atoms with E-state index < -0.39 is 0 Å². The molecule has 1 fully saturated rings. The van der Waals surface area contributed by atoms with E-state index in [0.29, 0.717) is 19.1 Å². The van der Waals surface area contributed by atoms with E-state index in [1.54, 1.807) is 0 Å². The summed E-state index contributed by atoms with van der Waals surface area (Å²) in [5.41, 5.74) is 2.22. The van der Waals surface area contributed by atoms with E-state index in [-0.39, 0.29) is 17.4 Å². The van der Waals surface area contributed by atoms with E-state index in [1.807, 2.05) is 19.1 Å². The second kappa shape index (κ2) is 12.6. The van der Waals surface area contributed by atoms with Crippen LogP contribution in [0.25, 0.3) is 0 Å². The highest BCUT2D eigenvalue weighted by molar-refractivity contribution is 5.83. The van der Waals surface area contributed by atoms with Gasteiger partial charge in [0.1, 0.15) is 18.1 Å². The number of nitrogens with one attached hydrogen (secondary N) is 1. The minimum atomic E-state index is -0.288. The molecule has 5 heteroatoms. The molecule has 196 valence electrons. The van der Waals surface area contributed by atoms with Crippen LogP contribution >= 0.6 is 0 Å². The molecule has 0 radical (unpaired) electrons. The van der Waals surface area contributed by atoms with Gasteiger partial charge in [0.05, 0.1) is 18.1 Å². The maximum Gasteiger partial charge on any atom is 0.226 e. The Kier molecular flexibility index (Phi) is 9.30. The number of ether oxygens (including phenoxy) is 2. The first kappa shape index (κ1) is 26.5. The molecular weight excluding hydrogens is 448 g/mol. The Morgan fingerprint density at radius 2 is 1.81 bits per heavy atom. The molecule has 1 amide bonds. The van der Waals surface area contributed by atoms with Crippen LogP contribution in [0, 0.1) is 11.3 Å². The Morgan fingerprint density at radius 3 is 2.58 bits per heavy atom. The van der Waals surface area contributed by atoms with Gasteiger partial charge in [0.25, 0.3) is 0 Å². The molecular formula is C31H44N2O3. The van der Waals surface area contributed by atoms with Crippen molar-refractivity contribution in [1.82, 2.24) is 10.2 Å². The monoisotopic (exact) mass is 492 g/mol. The van der Waals surface area contributed by atoms with Crippen molar-refractivity contribution in [1.29, 1.82) is 0 Å². The van der Waals surface area contributed by atoms with Crippen LogP contribution in [-0.4, -0.2) is 43.2 Å². The first-order chi connectivity index (χ1) is 17.5. The maximum atomic E-state index is 13.8. The van der Waals surface area contributed by atoms with E-state index in [4.69, 9.17) is 9.47 Å². The van der Waals surface area contributed by atoms with Crippen molar-refractivity contribution in [2.45, 2.75) is 78.3 Å². The summed E-state index contributed by atoms with van der Waals surface area (Å²) < 4.78 is 12.1. The molecule has 0 aromatic heterocycles. The summed E-state index contributed by atoms with van der Waals surface area (Å²) in [5, 5.41) is 3.45. The molecule has 0 aliphatic carbocycles. The lowest BCUT2D eigenvalue weighted by atomic mass is 9.73. The number of carbonyl (C=O) groups excluding carboxylic acids is 1. The predicted octanol–water partition coefficient (Wildman–Crippen LogP) is 6.00. The number of hydrogen-bond acceptors (Lipinski definition) is 4. The summed E-state index contributed by atoms with van der Waals surface area (Å²) in [4.78, 5) is 16.3. The standard InChI is InChI=1S/C31H44N2O3/c1-4-35-29-15-8-6-13-26(29)22-33-19-17-31(18-20-33)16-10-9-12-25-11-5-7-14-28(25)36-23-27(21-24(2)3)32-30(31)34/h5-8,11,13-15,24,27H,4,9-10,12,16-23H2,1-3H3,(H,32,34)/t27-/m0/s1. The smallest absolute Gasteiger partial charge is 0.226 e. The zero-order chi connectivity index (χ0) is 25.4. The number of aryl methyl sites for hydroxylation is 1. The molecule has 36 heavy (non-hydrogen) atoms. The Hall–Kier alpha value is -2.53. The molecule has 2 aliphatic rings. The van der Waals surface area contributed by atoms with Crippen molar-refractivity contribution >= 4 is 5.91 Å². The molecule has 0 bridgehead atoms. The largest absolute Gasteiger partial charge is 0.494 e. The Bertz CT molecular complexity index is 981. The van der Waals surface area contributed by atoms with E-state index in [0.717, 1.165) is 76.1 Å². The van der Waals surface area contributed by atoms with Crippen molar-refractivity contribution in [3.8, 4) is 11.5 Å². The average Bonchev–Trinajstić information content (AvgIpc) is 2.87. The van der Waals surface area contributed by atoms with Crippen molar-refractivity contribution in [2.75, 3.05) is 26.3 Å². The Labute approximate surface area is 217 Å². The normalized spacial score (nSPS) is 21.1. The van der Waals surface area contributed by atoms with Crippen LogP contribution in [0.3, 0.4) is 0 Å². The number of fused-ring (bicyclic) bond motifs is 1. The van der Waals surface area contributed by atoms with E-state index >= 15 is 0 Å². The average molecular weight is 493 g/mol. The van der Waals surface area contributed by atoms with Crippen molar-refractivity contribution < 1.29 is 14.3 Å². The molecule has 1 atom stereocenters. The number of carbonyl (C=O) groups is 1. The zero-order valence-electron chi connectivity index (χ0n) is 22.4. The molecule has 2 aromatic carbocycles. The molecule has 1 N–H and O–H groups in total. The van der Waals surface area contributed by atoms with Gasteiger partial charge in [-0.05, 0) is 82.2 Å². The molecule has 2 aliphatic heterocycles. The molecule has 5 nitrogen and oxygen atoms in total. The number of hydrogen-bond donors (Lipinski definition) is 1. The second-order valence-corrected chi connectivity index (χ2v) is 11.0. The number of rotatable bonds is 6. The summed E-state index contributed by atoms with van der Waals surface area (Å²) in [6.07, 6.45) is 6.83. The first-order valence-corrected chi connectivity index (χ1v) is 13.9. The van der Waals surface area contributed by atoms with Crippen LogP contribution in [0.5, 0.6) is 11.5 Å². The van der Waals surface area contributed by atoms with Crippen LogP contribution in [0.2, 0.25) is 0 Å². The molecule has 2 aromatic rings. The van der Waals surface area contributed by atoms with Crippen LogP contribution in [0.1, 0.15) is 70.4 Å². The third-order valence-corrected chi connectivity index (χ3v) is 7.82. The summed E-state index contributed by atoms with van der Waals surface area (Å²) in [6, 6.07) is 16.7. The van der Waals surface area contributed by atoms with Crippen molar-refractivity contribution in [3.05, 3.63) is 59.7 Å².